The number of hydrogen-bond donors (Lipinski definition) is 1. The first-order valence-electron chi connectivity index (χ1n) is 5.32. The largest absolute Gasteiger partial charge is 0.496 e. The second kappa shape index (κ2) is 4.14. The summed E-state index contributed by atoms with van der Waals surface area (Å²) in [5.74, 6) is 0.684. The molecule has 0 spiro atoms. The van der Waals surface area contributed by atoms with Gasteiger partial charge in [-0.05, 0) is 19.9 Å². The van der Waals surface area contributed by atoms with Crippen LogP contribution in [0.1, 0.15) is 25.5 Å². The summed E-state index contributed by atoms with van der Waals surface area (Å²) in [6, 6.07) is 4.11. The molecule has 0 saturated heterocycles. The van der Waals surface area contributed by atoms with Crippen LogP contribution in [-0.4, -0.2) is 22.0 Å². The molecule has 1 aromatic heterocycles. The highest BCUT2D eigenvalue weighted by Crippen LogP contribution is 2.25. The molecule has 2 rings (SSSR count). The fourth-order valence-corrected chi connectivity index (χ4v) is 1.70. The van der Waals surface area contributed by atoms with Gasteiger partial charge < -0.3 is 9.84 Å². The van der Waals surface area contributed by atoms with Gasteiger partial charge in [0.2, 0.25) is 0 Å². The average Bonchev–Trinajstić information content (AvgIpc) is 2.69. The molecule has 1 heterocycles. The van der Waals surface area contributed by atoms with Gasteiger partial charge in [-0.15, -0.1) is 0 Å². The average molecular weight is 220 g/mol. The number of fused-ring (bicyclic) bond motifs is 1. The SMILES string of the molecule is COc1cc2nn(C(C)C)cc2cc1CO. The number of nitrogens with zero attached hydrogens (tertiary/aromatic N) is 2. The van der Waals surface area contributed by atoms with Gasteiger partial charge in [0.05, 0.1) is 19.2 Å². The van der Waals surface area contributed by atoms with E-state index in [1.807, 2.05) is 23.0 Å². The first-order valence-corrected chi connectivity index (χ1v) is 5.32. The molecule has 2 aromatic rings. The zero-order chi connectivity index (χ0) is 11.7. The summed E-state index contributed by atoms with van der Waals surface area (Å²) in [5, 5.41) is 14.7. The van der Waals surface area contributed by atoms with Crippen molar-refractivity contribution in [2.75, 3.05) is 7.11 Å². The Hall–Kier alpha value is -1.55. The molecule has 86 valence electrons. The zero-order valence-electron chi connectivity index (χ0n) is 9.77. The molecule has 0 bridgehead atoms. The number of aliphatic hydroxyl groups excluding tert-OH is 1. The Labute approximate surface area is 94.5 Å². The Morgan fingerprint density at radius 3 is 2.75 bits per heavy atom. The fraction of sp³-hybridized carbons (Fsp3) is 0.417. The van der Waals surface area contributed by atoms with E-state index in [0.717, 1.165) is 16.5 Å². The van der Waals surface area contributed by atoms with Crippen molar-refractivity contribution in [3.63, 3.8) is 0 Å². The van der Waals surface area contributed by atoms with Crippen LogP contribution >= 0.6 is 0 Å². The van der Waals surface area contributed by atoms with Crippen molar-refractivity contribution in [3.05, 3.63) is 23.9 Å². The topological polar surface area (TPSA) is 47.3 Å². The third-order valence-corrected chi connectivity index (χ3v) is 2.62. The molecular weight excluding hydrogens is 204 g/mol. The van der Waals surface area contributed by atoms with Gasteiger partial charge >= 0.3 is 0 Å². The third-order valence-electron chi connectivity index (χ3n) is 2.62. The minimum Gasteiger partial charge on any atom is -0.496 e. The number of hydrogen-bond acceptors (Lipinski definition) is 3. The van der Waals surface area contributed by atoms with Gasteiger partial charge in [0.25, 0.3) is 0 Å². The summed E-state index contributed by atoms with van der Waals surface area (Å²) in [5.41, 5.74) is 1.68. The van der Waals surface area contributed by atoms with E-state index < -0.39 is 0 Å². The van der Waals surface area contributed by atoms with Gasteiger partial charge in [0.1, 0.15) is 5.75 Å². The Morgan fingerprint density at radius 2 is 2.19 bits per heavy atom. The van der Waals surface area contributed by atoms with Crippen LogP contribution < -0.4 is 4.74 Å². The van der Waals surface area contributed by atoms with Gasteiger partial charge in [-0.1, -0.05) is 0 Å². The molecule has 0 aliphatic heterocycles. The van der Waals surface area contributed by atoms with E-state index in [1.165, 1.54) is 0 Å². The molecule has 0 aliphatic carbocycles. The van der Waals surface area contributed by atoms with Crippen LogP contribution in [0.5, 0.6) is 5.75 Å². The molecule has 1 N–H and O–H groups in total. The maximum atomic E-state index is 9.22. The van der Waals surface area contributed by atoms with Crippen LogP contribution in [0.2, 0.25) is 0 Å². The predicted octanol–water partition coefficient (Wildman–Crippen LogP) is 2.12. The standard InChI is InChI=1S/C12H16N2O2/c1-8(2)14-6-9-4-10(7-15)12(16-3)5-11(9)13-14/h4-6,8,15H,7H2,1-3H3. The van der Waals surface area contributed by atoms with Crippen LogP contribution in [0, 0.1) is 0 Å². The Kier molecular flexibility index (Phi) is 2.83. The lowest BCUT2D eigenvalue weighted by atomic mass is 10.1. The number of rotatable bonds is 3. The van der Waals surface area contributed by atoms with Crippen molar-refractivity contribution in [1.82, 2.24) is 9.78 Å². The molecule has 0 saturated carbocycles. The van der Waals surface area contributed by atoms with E-state index in [9.17, 15) is 5.11 Å². The van der Waals surface area contributed by atoms with Gasteiger partial charge in [-0.25, -0.2) is 0 Å². The molecule has 4 heteroatoms. The quantitative estimate of drug-likeness (QED) is 0.861. The van der Waals surface area contributed by atoms with Crippen LogP contribution in [0.25, 0.3) is 10.9 Å². The highest BCUT2D eigenvalue weighted by Gasteiger charge is 2.09. The number of benzene rings is 1. The molecule has 0 fully saturated rings. The lowest BCUT2D eigenvalue weighted by Gasteiger charge is -2.04. The van der Waals surface area contributed by atoms with Crippen molar-refractivity contribution < 1.29 is 9.84 Å². The lowest BCUT2D eigenvalue weighted by Crippen LogP contribution is -1.99. The maximum Gasteiger partial charge on any atom is 0.126 e. The van der Waals surface area contributed by atoms with E-state index in [1.54, 1.807) is 7.11 Å². The Balaban J connectivity index is 2.60. The molecule has 0 amide bonds. The molecule has 4 nitrogen and oxygen atoms in total. The first-order chi connectivity index (χ1) is 7.65. The highest BCUT2D eigenvalue weighted by atomic mass is 16.5. The van der Waals surface area contributed by atoms with E-state index in [-0.39, 0.29) is 6.61 Å². The van der Waals surface area contributed by atoms with Crippen molar-refractivity contribution in [3.8, 4) is 5.75 Å². The van der Waals surface area contributed by atoms with Gasteiger partial charge in [-0.2, -0.15) is 5.10 Å². The fourth-order valence-electron chi connectivity index (χ4n) is 1.70. The second-order valence-electron chi connectivity index (χ2n) is 4.08. The maximum absolute atomic E-state index is 9.22. The van der Waals surface area contributed by atoms with Crippen molar-refractivity contribution in [2.24, 2.45) is 0 Å². The molecule has 0 unspecified atom stereocenters. The normalized spacial score (nSPS) is 11.3. The van der Waals surface area contributed by atoms with Gasteiger partial charge in [-0.3, -0.25) is 4.68 Å². The summed E-state index contributed by atoms with van der Waals surface area (Å²) < 4.78 is 7.11. The van der Waals surface area contributed by atoms with E-state index in [0.29, 0.717) is 11.8 Å². The van der Waals surface area contributed by atoms with E-state index >= 15 is 0 Å². The minimum atomic E-state index is -0.0219. The summed E-state index contributed by atoms with van der Waals surface area (Å²) in [4.78, 5) is 0. The van der Waals surface area contributed by atoms with Gasteiger partial charge in [0.15, 0.2) is 0 Å². The summed E-state index contributed by atoms with van der Waals surface area (Å²) in [7, 11) is 1.60. The number of methoxy groups -OCH3 is 1. The van der Waals surface area contributed by atoms with Crippen molar-refractivity contribution in [2.45, 2.75) is 26.5 Å². The monoisotopic (exact) mass is 220 g/mol. The molecule has 0 radical (unpaired) electrons. The summed E-state index contributed by atoms with van der Waals surface area (Å²) in [6.07, 6.45) is 1.98. The van der Waals surface area contributed by atoms with Crippen LogP contribution in [-0.2, 0) is 6.61 Å². The molecule has 0 aliphatic rings. The molecular formula is C12H16N2O2. The van der Waals surface area contributed by atoms with Crippen molar-refractivity contribution >= 4 is 10.9 Å². The van der Waals surface area contributed by atoms with Gasteiger partial charge in [0, 0.05) is 29.3 Å². The Bertz CT molecular complexity index is 462. The number of aliphatic hydroxyl groups is 1. The molecule has 16 heavy (non-hydrogen) atoms. The molecule has 0 atom stereocenters. The highest BCUT2D eigenvalue weighted by molar-refractivity contribution is 5.81. The van der Waals surface area contributed by atoms with Crippen molar-refractivity contribution in [1.29, 1.82) is 0 Å². The Morgan fingerprint density at radius 1 is 1.44 bits per heavy atom. The number of aromatic nitrogens is 2. The van der Waals surface area contributed by atoms with E-state index in [4.69, 9.17) is 4.74 Å². The summed E-state index contributed by atoms with van der Waals surface area (Å²) >= 11 is 0. The van der Waals surface area contributed by atoms with E-state index in [2.05, 4.69) is 18.9 Å². The summed E-state index contributed by atoms with van der Waals surface area (Å²) in [6.45, 7) is 4.14. The smallest absolute Gasteiger partial charge is 0.126 e. The third kappa shape index (κ3) is 1.76. The molecule has 1 aromatic carbocycles. The first kappa shape index (κ1) is 11.0. The zero-order valence-corrected chi connectivity index (χ0v) is 9.77. The predicted molar refractivity (Wildman–Crippen MR) is 62.6 cm³/mol. The minimum absolute atomic E-state index is 0.0219. The van der Waals surface area contributed by atoms with Crippen LogP contribution in [0.15, 0.2) is 18.3 Å². The van der Waals surface area contributed by atoms with Crippen LogP contribution in [0.3, 0.4) is 0 Å². The lowest BCUT2D eigenvalue weighted by molar-refractivity contribution is 0.274. The van der Waals surface area contributed by atoms with Crippen LogP contribution in [0.4, 0.5) is 0 Å². The second-order valence-corrected chi connectivity index (χ2v) is 4.08. The number of ether oxygens (including phenoxy) is 1.